The second-order valence-electron chi connectivity index (χ2n) is 11.2. The molecule has 0 fully saturated rings. The highest BCUT2D eigenvalue weighted by Crippen LogP contribution is 2.29. The van der Waals surface area contributed by atoms with Gasteiger partial charge in [0.15, 0.2) is 0 Å². The van der Waals surface area contributed by atoms with Crippen LogP contribution in [0.1, 0.15) is 32.8 Å². The highest BCUT2D eigenvalue weighted by molar-refractivity contribution is 7.92. The van der Waals surface area contributed by atoms with Gasteiger partial charge in [-0.3, -0.25) is 13.9 Å². The van der Waals surface area contributed by atoms with Crippen molar-refractivity contribution in [1.29, 1.82) is 0 Å². The smallest absolute Gasteiger partial charge is 0.264 e. The summed E-state index contributed by atoms with van der Waals surface area (Å²) in [6, 6.07) is 30.1. The Balaban J connectivity index is 1.71. The van der Waals surface area contributed by atoms with Crippen LogP contribution in [0.2, 0.25) is 0 Å². The standard InChI is InChI=1S/C36H41N3O6S/c1-5-34(36(41)37-24-27(2)3)38(25-28-13-12-16-32(23-28)44-4)35(40)26-39(46(42,43)33-17-10-7-11-18-33)29-19-21-31(22-20-29)45-30-14-8-6-9-15-30/h6-23,27,34H,5,24-26H2,1-4H3,(H,37,41)/t34-/m0/s1. The average molecular weight is 644 g/mol. The van der Waals surface area contributed by atoms with Gasteiger partial charge in [-0.2, -0.15) is 0 Å². The van der Waals surface area contributed by atoms with Crippen molar-refractivity contribution in [2.75, 3.05) is 24.5 Å². The van der Waals surface area contributed by atoms with Crippen molar-refractivity contribution in [2.45, 2.75) is 44.7 Å². The van der Waals surface area contributed by atoms with Gasteiger partial charge in [0.1, 0.15) is 29.8 Å². The van der Waals surface area contributed by atoms with Crippen LogP contribution in [0.4, 0.5) is 5.69 Å². The zero-order valence-corrected chi connectivity index (χ0v) is 27.4. The van der Waals surface area contributed by atoms with Crippen LogP contribution >= 0.6 is 0 Å². The second-order valence-corrected chi connectivity index (χ2v) is 13.0. The SMILES string of the molecule is CC[C@@H](C(=O)NCC(C)C)N(Cc1cccc(OC)c1)C(=O)CN(c1ccc(Oc2ccccc2)cc1)S(=O)(=O)c1ccccc1. The van der Waals surface area contributed by atoms with E-state index in [1.807, 2.05) is 63.2 Å². The summed E-state index contributed by atoms with van der Waals surface area (Å²) in [5.74, 6) is 1.13. The number of hydrogen-bond acceptors (Lipinski definition) is 6. The van der Waals surface area contributed by atoms with E-state index in [0.29, 0.717) is 30.2 Å². The first-order valence-corrected chi connectivity index (χ1v) is 16.7. The summed E-state index contributed by atoms with van der Waals surface area (Å²) in [4.78, 5) is 29.2. The number of anilines is 1. The van der Waals surface area contributed by atoms with E-state index in [1.54, 1.807) is 61.7 Å². The van der Waals surface area contributed by atoms with Crippen molar-refractivity contribution >= 4 is 27.5 Å². The molecule has 4 aromatic carbocycles. The number of carbonyl (C=O) groups excluding carboxylic acids is 2. The Morgan fingerprint density at radius 1 is 0.804 bits per heavy atom. The zero-order valence-electron chi connectivity index (χ0n) is 26.6. The van der Waals surface area contributed by atoms with Crippen LogP contribution in [0, 0.1) is 5.92 Å². The lowest BCUT2D eigenvalue weighted by atomic mass is 10.1. The number of carbonyl (C=O) groups is 2. The van der Waals surface area contributed by atoms with Crippen LogP contribution in [0.3, 0.4) is 0 Å². The van der Waals surface area contributed by atoms with E-state index in [-0.39, 0.29) is 29.0 Å². The predicted octanol–water partition coefficient (Wildman–Crippen LogP) is 6.26. The van der Waals surface area contributed by atoms with Gasteiger partial charge in [-0.05, 0) is 78.6 Å². The van der Waals surface area contributed by atoms with E-state index in [0.717, 1.165) is 9.87 Å². The van der Waals surface area contributed by atoms with Crippen LogP contribution < -0.4 is 19.1 Å². The zero-order chi connectivity index (χ0) is 33.1. The lowest BCUT2D eigenvalue weighted by molar-refractivity contribution is -0.140. The number of benzene rings is 4. The molecule has 242 valence electrons. The van der Waals surface area contributed by atoms with Crippen molar-refractivity contribution < 1.29 is 27.5 Å². The number of sulfonamides is 1. The molecule has 0 saturated carbocycles. The minimum Gasteiger partial charge on any atom is -0.497 e. The minimum atomic E-state index is -4.19. The van der Waals surface area contributed by atoms with Crippen LogP contribution in [-0.4, -0.2) is 51.4 Å². The molecule has 4 rings (SSSR count). The third kappa shape index (κ3) is 8.88. The number of methoxy groups -OCH3 is 1. The first-order valence-electron chi connectivity index (χ1n) is 15.2. The molecule has 0 aromatic heterocycles. The number of hydrogen-bond donors (Lipinski definition) is 1. The topological polar surface area (TPSA) is 105 Å². The fraction of sp³-hybridized carbons (Fsp3) is 0.278. The molecule has 10 heteroatoms. The fourth-order valence-corrected chi connectivity index (χ4v) is 6.30. The number of rotatable bonds is 15. The number of nitrogens with one attached hydrogen (secondary N) is 1. The average Bonchev–Trinajstić information content (AvgIpc) is 3.07. The van der Waals surface area contributed by atoms with E-state index in [1.165, 1.54) is 17.0 Å². The Labute approximate surface area is 271 Å². The molecule has 1 atom stereocenters. The van der Waals surface area contributed by atoms with Gasteiger partial charge in [-0.15, -0.1) is 0 Å². The van der Waals surface area contributed by atoms with E-state index in [2.05, 4.69) is 5.32 Å². The molecule has 0 radical (unpaired) electrons. The summed E-state index contributed by atoms with van der Waals surface area (Å²) in [5, 5.41) is 2.94. The molecule has 0 bridgehead atoms. The molecule has 9 nitrogen and oxygen atoms in total. The van der Waals surface area contributed by atoms with Crippen LogP contribution in [0.25, 0.3) is 0 Å². The highest BCUT2D eigenvalue weighted by Gasteiger charge is 2.33. The molecule has 4 aromatic rings. The van der Waals surface area contributed by atoms with Gasteiger partial charge >= 0.3 is 0 Å². The summed E-state index contributed by atoms with van der Waals surface area (Å²) in [7, 11) is -2.63. The molecule has 2 amide bonds. The molecular weight excluding hydrogens is 602 g/mol. The van der Waals surface area contributed by atoms with E-state index >= 15 is 0 Å². The van der Waals surface area contributed by atoms with Gasteiger partial charge in [0.2, 0.25) is 11.8 Å². The molecule has 0 aliphatic rings. The van der Waals surface area contributed by atoms with Crippen molar-refractivity contribution in [3.8, 4) is 17.2 Å². The summed E-state index contributed by atoms with van der Waals surface area (Å²) < 4.78 is 40.5. The summed E-state index contributed by atoms with van der Waals surface area (Å²) in [6.45, 7) is 5.80. The lowest BCUT2D eigenvalue weighted by Crippen LogP contribution is -2.52. The van der Waals surface area contributed by atoms with Crippen LogP contribution in [-0.2, 0) is 26.2 Å². The number of ether oxygens (including phenoxy) is 2. The molecule has 0 saturated heterocycles. The maximum atomic E-state index is 14.3. The van der Waals surface area contributed by atoms with Gasteiger partial charge in [-0.1, -0.05) is 69.3 Å². The number of amides is 2. The van der Waals surface area contributed by atoms with E-state index in [4.69, 9.17) is 9.47 Å². The van der Waals surface area contributed by atoms with Gasteiger partial charge < -0.3 is 19.7 Å². The molecule has 46 heavy (non-hydrogen) atoms. The van der Waals surface area contributed by atoms with E-state index < -0.39 is 28.5 Å². The Hall–Kier alpha value is -4.83. The van der Waals surface area contributed by atoms with E-state index in [9.17, 15) is 18.0 Å². The predicted molar refractivity (Wildman–Crippen MR) is 179 cm³/mol. The van der Waals surface area contributed by atoms with Crippen LogP contribution in [0.5, 0.6) is 17.2 Å². The van der Waals surface area contributed by atoms with Gasteiger partial charge in [0.05, 0.1) is 17.7 Å². The second kappa shape index (κ2) is 15.9. The Bertz CT molecular complexity index is 1680. The van der Waals surface area contributed by atoms with Crippen molar-refractivity contribution in [2.24, 2.45) is 5.92 Å². The largest absolute Gasteiger partial charge is 0.497 e. The monoisotopic (exact) mass is 643 g/mol. The Morgan fingerprint density at radius 3 is 2.02 bits per heavy atom. The van der Waals surface area contributed by atoms with Crippen molar-refractivity contribution in [1.82, 2.24) is 10.2 Å². The third-order valence-corrected chi connectivity index (χ3v) is 9.06. The lowest BCUT2D eigenvalue weighted by Gasteiger charge is -2.33. The molecule has 0 unspecified atom stereocenters. The molecule has 1 N–H and O–H groups in total. The molecular formula is C36H41N3O6S. The molecule has 0 spiro atoms. The quantitative estimate of drug-likeness (QED) is 0.164. The first kappa shape index (κ1) is 34.1. The van der Waals surface area contributed by atoms with Crippen molar-refractivity contribution in [3.63, 3.8) is 0 Å². The summed E-state index contributed by atoms with van der Waals surface area (Å²) in [6.07, 6.45) is 0.330. The molecule has 0 aliphatic heterocycles. The minimum absolute atomic E-state index is 0.0356. The Morgan fingerprint density at radius 2 is 1.41 bits per heavy atom. The maximum absolute atomic E-state index is 14.3. The van der Waals surface area contributed by atoms with Gasteiger partial charge in [-0.25, -0.2) is 8.42 Å². The fourth-order valence-electron chi connectivity index (χ4n) is 4.86. The highest BCUT2D eigenvalue weighted by atomic mass is 32.2. The number of nitrogens with zero attached hydrogens (tertiary/aromatic N) is 2. The van der Waals surface area contributed by atoms with Gasteiger partial charge in [0.25, 0.3) is 10.0 Å². The first-order chi connectivity index (χ1) is 22.1. The van der Waals surface area contributed by atoms with Gasteiger partial charge in [0, 0.05) is 13.1 Å². The normalized spacial score (nSPS) is 11.8. The number of para-hydroxylation sites is 1. The maximum Gasteiger partial charge on any atom is 0.264 e. The summed E-state index contributed by atoms with van der Waals surface area (Å²) in [5.41, 5.74) is 1.01. The summed E-state index contributed by atoms with van der Waals surface area (Å²) >= 11 is 0. The molecule has 0 aliphatic carbocycles. The molecule has 0 heterocycles. The third-order valence-electron chi connectivity index (χ3n) is 7.27. The van der Waals surface area contributed by atoms with Crippen LogP contribution in [0.15, 0.2) is 114 Å². The Kier molecular flexibility index (Phi) is 11.8. The van der Waals surface area contributed by atoms with Crippen molar-refractivity contribution in [3.05, 3.63) is 115 Å².